The molecular weight excluding hydrogens is 290 g/mol. The quantitative estimate of drug-likeness (QED) is 0.910. The van der Waals surface area contributed by atoms with E-state index in [0.29, 0.717) is 49.7 Å². The molecule has 114 valence electrons. The molecule has 0 radical (unpaired) electrons. The van der Waals surface area contributed by atoms with Crippen molar-refractivity contribution in [1.82, 2.24) is 15.1 Å². The van der Waals surface area contributed by atoms with E-state index in [0.717, 1.165) is 0 Å². The third kappa shape index (κ3) is 4.19. The standard InChI is InChI=1S/C15H20ClN3O2/c1-17-6-5-14(20)18-7-9-19(10-8-18)15(21)12-3-2-4-13(16)11-12/h2-4,11,17H,5-10H2,1H3. The Bertz CT molecular complexity index is 513. The molecule has 0 atom stereocenters. The zero-order chi connectivity index (χ0) is 15.2. The number of hydrogen-bond donors (Lipinski definition) is 1. The van der Waals surface area contributed by atoms with Gasteiger partial charge in [0, 0.05) is 49.7 Å². The summed E-state index contributed by atoms with van der Waals surface area (Å²) in [5.74, 6) is 0.110. The maximum absolute atomic E-state index is 12.4. The second-order valence-corrected chi connectivity index (χ2v) is 5.47. The van der Waals surface area contributed by atoms with Crippen LogP contribution in [-0.2, 0) is 4.79 Å². The summed E-state index contributed by atoms with van der Waals surface area (Å²) in [6, 6.07) is 6.96. The fourth-order valence-corrected chi connectivity index (χ4v) is 2.54. The van der Waals surface area contributed by atoms with E-state index < -0.39 is 0 Å². The van der Waals surface area contributed by atoms with Crippen molar-refractivity contribution in [2.24, 2.45) is 0 Å². The molecule has 1 aromatic carbocycles. The molecule has 0 unspecified atom stereocenters. The van der Waals surface area contributed by atoms with Crippen LogP contribution < -0.4 is 5.32 Å². The average Bonchev–Trinajstić information content (AvgIpc) is 2.52. The number of halogens is 1. The molecule has 21 heavy (non-hydrogen) atoms. The van der Waals surface area contributed by atoms with Gasteiger partial charge in [0.2, 0.25) is 5.91 Å². The van der Waals surface area contributed by atoms with Crippen LogP contribution in [0.1, 0.15) is 16.8 Å². The van der Waals surface area contributed by atoms with Crippen LogP contribution in [0.5, 0.6) is 0 Å². The first kappa shape index (κ1) is 15.8. The Labute approximate surface area is 129 Å². The van der Waals surface area contributed by atoms with E-state index in [4.69, 9.17) is 11.6 Å². The van der Waals surface area contributed by atoms with Gasteiger partial charge in [-0.3, -0.25) is 9.59 Å². The van der Waals surface area contributed by atoms with Crippen molar-refractivity contribution in [2.75, 3.05) is 39.8 Å². The Kier molecular flexibility index (Phi) is 5.59. The summed E-state index contributed by atoms with van der Waals surface area (Å²) < 4.78 is 0. The lowest BCUT2D eigenvalue weighted by Gasteiger charge is -2.35. The number of benzene rings is 1. The highest BCUT2D eigenvalue weighted by Crippen LogP contribution is 2.14. The van der Waals surface area contributed by atoms with Gasteiger partial charge < -0.3 is 15.1 Å². The van der Waals surface area contributed by atoms with E-state index in [1.54, 1.807) is 29.2 Å². The number of piperazine rings is 1. The highest BCUT2D eigenvalue weighted by atomic mass is 35.5. The molecule has 6 heteroatoms. The summed E-state index contributed by atoms with van der Waals surface area (Å²) in [5, 5.41) is 3.52. The van der Waals surface area contributed by atoms with Gasteiger partial charge in [0.15, 0.2) is 0 Å². The van der Waals surface area contributed by atoms with E-state index in [9.17, 15) is 9.59 Å². The third-order valence-corrected chi connectivity index (χ3v) is 3.82. The van der Waals surface area contributed by atoms with Crippen molar-refractivity contribution < 1.29 is 9.59 Å². The molecule has 1 N–H and O–H groups in total. The fraction of sp³-hybridized carbons (Fsp3) is 0.467. The molecule has 2 rings (SSSR count). The first-order valence-electron chi connectivity index (χ1n) is 7.09. The molecule has 1 fully saturated rings. The maximum atomic E-state index is 12.4. The highest BCUT2D eigenvalue weighted by molar-refractivity contribution is 6.30. The second-order valence-electron chi connectivity index (χ2n) is 5.04. The van der Waals surface area contributed by atoms with Crippen LogP contribution in [0.3, 0.4) is 0 Å². The van der Waals surface area contributed by atoms with E-state index in [1.807, 2.05) is 11.9 Å². The van der Waals surface area contributed by atoms with E-state index in [1.165, 1.54) is 0 Å². The summed E-state index contributed by atoms with van der Waals surface area (Å²) in [4.78, 5) is 27.9. The van der Waals surface area contributed by atoms with Gasteiger partial charge in [0.25, 0.3) is 5.91 Å². The third-order valence-electron chi connectivity index (χ3n) is 3.58. The Balaban J connectivity index is 1.89. The molecule has 1 saturated heterocycles. The average molecular weight is 310 g/mol. The predicted octanol–water partition coefficient (Wildman–Crippen LogP) is 1.23. The molecule has 5 nitrogen and oxygen atoms in total. The van der Waals surface area contributed by atoms with Gasteiger partial charge in [0.1, 0.15) is 0 Å². The van der Waals surface area contributed by atoms with E-state index >= 15 is 0 Å². The van der Waals surface area contributed by atoms with Crippen molar-refractivity contribution in [3.8, 4) is 0 Å². The molecule has 0 aliphatic carbocycles. The van der Waals surface area contributed by atoms with Crippen LogP contribution in [0.4, 0.5) is 0 Å². The highest BCUT2D eigenvalue weighted by Gasteiger charge is 2.24. The number of carbonyl (C=O) groups excluding carboxylic acids is 2. The lowest BCUT2D eigenvalue weighted by atomic mass is 10.2. The number of nitrogens with zero attached hydrogens (tertiary/aromatic N) is 2. The lowest BCUT2D eigenvalue weighted by molar-refractivity contribution is -0.132. The first-order chi connectivity index (χ1) is 10.1. The Morgan fingerprint density at radius 1 is 1.19 bits per heavy atom. The van der Waals surface area contributed by atoms with Crippen molar-refractivity contribution >= 4 is 23.4 Å². The second kappa shape index (κ2) is 7.43. The van der Waals surface area contributed by atoms with Gasteiger partial charge in [-0.2, -0.15) is 0 Å². The summed E-state index contributed by atoms with van der Waals surface area (Å²) >= 11 is 5.91. The summed E-state index contributed by atoms with van der Waals surface area (Å²) in [7, 11) is 1.83. The van der Waals surface area contributed by atoms with Crippen molar-refractivity contribution in [3.63, 3.8) is 0 Å². The molecular formula is C15H20ClN3O2. The van der Waals surface area contributed by atoms with Gasteiger partial charge in [0.05, 0.1) is 0 Å². The summed E-state index contributed by atoms with van der Waals surface area (Å²) in [6.45, 7) is 3.00. The summed E-state index contributed by atoms with van der Waals surface area (Å²) in [5.41, 5.74) is 0.595. The molecule has 0 saturated carbocycles. The number of carbonyl (C=O) groups is 2. The van der Waals surface area contributed by atoms with Crippen LogP contribution >= 0.6 is 11.6 Å². The number of nitrogens with one attached hydrogen (secondary N) is 1. The molecule has 1 aliphatic heterocycles. The molecule has 0 spiro atoms. The van der Waals surface area contributed by atoms with Gasteiger partial charge in [-0.25, -0.2) is 0 Å². The minimum atomic E-state index is -0.0279. The topological polar surface area (TPSA) is 52.7 Å². The largest absolute Gasteiger partial charge is 0.339 e. The molecule has 0 bridgehead atoms. The predicted molar refractivity (Wildman–Crippen MR) is 82.5 cm³/mol. The van der Waals surface area contributed by atoms with Crippen LogP contribution in [-0.4, -0.2) is 61.4 Å². The number of hydrogen-bond acceptors (Lipinski definition) is 3. The zero-order valence-electron chi connectivity index (χ0n) is 12.1. The first-order valence-corrected chi connectivity index (χ1v) is 7.47. The zero-order valence-corrected chi connectivity index (χ0v) is 12.9. The molecule has 1 aromatic rings. The maximum Gasteiger partial charge on any atom is 0.254 e. The van der Waals surface area contributed by atoms with Gasteiger partial charge >= 0.3 is 0 Å². The molecule has 0 aromatic heterocycles. The monoisotopic (exact) mass is 309 g/mol. The van der Waals surface area contributed by atoms with E-state index in [2.05, 4.69) is 5.32 Å². The van der Waals surface area contributed by atoms with Crippen LogP contribution in [0.2, 0.25) is 5.02 Å². The smallest absolute Gasteiger partial charge is 0.254 e. The molecule has 2 amide bonds. The van der Waals surface area contributed by atoms with Crippen LogP contribution in [0.25, 0.3) is 0 Å². The minimum absolute atomic E-state index is 0.0279. The fourth-order valence-electron chi connectivity index (χ4n) is 2.35. The van der Waals surface area contributed by atoms with Gasteiger partial charge in [-0.15, -0.1) is 0 Å². The number of rotatable bonds is 4. The van der Waals surface area contributed by atoms with Crippen molar-refractivity contribution in [2.45, 2.75) is 6.42 Å². The van der Waals surface area contributed by atoms with Crippen molar-refractivity contribution in [1.29, 1.82) is 0 Å². The van der Waals surface area contributed by atoms with Crippen LogP contribution in [0, 0.1) is 0 Å². The Morgan fingerprint density at radius 2 is 1.86 bits per heavy atom. The van der Waals surface area contributed by atoms with Crippen molar-refractivity contribution in [3.05, 3.63) is 34.9 Å². The molecule has 1 heterocycles. The minimum Gasteiger partial charge on any atom is -0.339 e. The SMILES string of the molecule is CNCCC(=O)N1CCN(C(=O)c2cccc(Cl)c2)CC1. The summed E-state index contributed by atoms with van der Waals surface area (Å²) in [6.07, 6.45) is 0.499. The number of amides is 2. The lowest BCUT2D eigenvalue weighted by Crippen LogP contribution is -2.50. The van der Waals surface area contributed by atoms with E-state index in [-0.39, 0.29) is 11.8 Å². The Hall–Kier alpha value is -1.59. The normalized spacial score (nSPS) is 15.1. The van der Waals surface area contributed by atoms with Gasteiger partial charge in [-0.05, 0) is 25.2 Å². The van der Waals surface area contributed by atoms with Gasteiger partial charge in [-0.1, -0.05) is 17.7 Å². The van der Waals surface area contributed by atoms with Crippen LogP contribution in [0.15, 0.2) is 24.3 Å². The Morgan fingerprint density at radius 3 is 2.48 bits per heavy atom. The molecule has 1 aliphatic rings.